The summed E-state index contributed by atoms with van der Waals surface area (Å²) in [5, 5.41) is 7.97. The zero-order chi connectivity index (χ0) is 11.2. The van der Waals surface area contributed by atoms with Crippen molar-refractivity contribution in [2.75, 3.05) is 5.43 Å². The average molecular weight is 211 g/mol. The fourth-order valence-electron chi connectivity index (χ4n) is 1.35. The van der Waals surface area contributed by atoms with Crippen molar-refractivity contribution in [1.82, 2.24) is 0 Å². The summed E-state index contributed by atoms with van der Waals surface area (Å²) in [4.78, 5) is 0. The minimum Gasteiger partial charge on any atom is -0.260 e. The van der Waals surface area contributed by atoms with Crippen LogP contribution in [0, 0.1) is 6.92 Å². The van der Waals surface area contributed by atoms with Gasteiger partial charge in [0.25, 0.3) is 0 Å². The van der Waals surface area contributed by atoms with Crippen LogP contribution in [0.5, 0.6) is 0 Å². The fraction of sp³-hybridized carbons (Fsp3) is 0.0769. The average Bonchev–Trinajstić information content (AvgIpc) is 2.30. The summed E-state index contributed by atoms with van der Waals surface area (Å²) in [6, 6.07) is 17.6. The second kappa shape index (κ2) is 5.07. The van der Waals surface area contributed by atoms with Crippen LogP contribution in [0.25, 0.3) is 0 Å². The molecule has 0 aliphatic carbocycles. The molecule has 80 valence electrons. The number of rotatable bonds is 3. The first-order valence-electron chi connectivity index (χ1n) is 5.13. The molecular formula is C13H13N3. The van der Waals surface area contributed by atoms with Crippen molar-refractivity contribution in [1.29, 1.82) is 0 Å². The van der Waals surface area contributed by atoms with Crippen LogP contribution in [-0.4, -0.2) is 0 Å². The Kier molecular flexibility index (Phi) is 3.28. The third-order valence-electron chi connectivity index (χ3n) is 2.12. The Morgan fingerprint density at radius 3 is 2.50 bits per heavy atom. The first-order valence-corrected chi connectivity index (χ1v) is 5.13. The van der Waals surface area contributed by atoms with Gasteiger partial charge >= 0.3 is 0 Å². The Bertz CT molecular complexity index is 478. The van der Waals surface area contributed by atoms with Crippen molar-refractivity contribution in [3.05, 3.63) is 60.2 Å². The van der Waals surface area contributed by atoms with Crippen LogP contribution in [0.1, 0.15) is 5.56 Å². The Labute approximate surface area is 94.8 Å². The summed E-state index contributed by atoms with van der Waals surface area (Å²) in [6.45, 7) is 2.04. The molecular weight excluding hydrogens is 198 g/mol. The van der Waals surface area contributed by atoms with E-state index in [9.17, 15) is 0 Å². The summed E-state index contributed by atoms with van der Waals surface area (Å²) < 4.78 is 0. The van der Waals surface area contributed by atoms with Gasteiger partial charge in [-0.15, -0.1) is 5.11 Å². The molecule has 0 spiro atoms. The standard InChI is InChI=1S/C13H13N3/c1-11-6-5-9-13(10-11)15-16-14-12-7-3-2-4-8-12/h2-10H,1H3,(H,14,15). The Morgan fingerprint density at radius 1 is 0.938 bits per heavy atom. The molecule has 0 saturated carbocycles. The van der Waals surface area contributed by atoms with E-state index in [-0.39, 0.29) is 0 Å². The molecule has 16 heavy (non-hydrogen) atoms. The van der Waals surface area contributed by atoms with Gasteiger partial charge in [-0.2, -0.15) is 0 Å². The molecule has 0 atom stereocenters. The summed E-state index contributed by atoms with van der Waals surface area (Å²) >= 11 is 0. The predicted octanol–water partition coefficient (Wildman–Crippen LogP) is 4.11. The van der Waals surface area contributed by atoms with E-state index in [1.54, 1.807) is 0 Å². The van der Waals surface area contributed by atoms with E-state index in [2.05, 4.69) is 15.8 Å². The van der Waals surface area contributed by atoms with Crippen molar-refractivity contribution >= 4 is 11.4 Å². The van der Waals surface area contributed by atoms with Crippen LogP contribution < -0.4 is 5.43 Å². The smallest absolute Gasteiger partial charge is 0.0874 e. The summed E-state index contributed by atoms with van der Waals surface area (Å²) in [5.41, 5.74) is 5.87. The normalized spacial score (nSPS) is 10.6. The monoisotopic (exact) mass is 211 g/mol. The van der Waals surface area contributed by atoms with Crippen LogP contribution in [0.15, 0.2) is 64.9 Å². The zero-order valence-corrected chi connectivity index (χ0v) is 9.09. The predicted molar refractivity (Wildman–Crippen MR) is 65.8 cm³/mol. The van der Waals surface area contributed by atoms with E-state index < -0.39 is 0 Å². The van der Waals surface area contributed by atoms with Crippen LogP contribution >= 0.6 is 0 Å². The number of anilines is 1. The van der Waals surface area contributed by atoms with Crippen molar-refractivity contribution < 1.29 is 0 Å². The Balaban J connectivity index is 2.00. The SMILES string of the molecule is Cc1cccc(NN=Nc2ccccc2)c1. The molecule has 0 bridgehead atoms. The lowest BCUT2D eigenvalue weighted by Crippen LogP contribution is -1.86. The maximum Gasteiger partial charge on any atom is 0.0874 e. The first-order chi connectivity index (χ1) is 7.84. The number of aryl methyl sites for hydroxylation is 1. The van der Waals surface area contributed by atoms with Crippen molar-refractivity contribution in [2.24, 2.45) is 10.3 Å². The van der Waals surface area contributed by atoms with Gasteiger partial charge in [0.15, 0.2) is 0 Å². The number of nitrogens with one attached hydrogen (secondary N) is 1. The zero-order valence-electron chi connectivity index (χ0n) is 9.09. The highest BCUT2D eigenvalue weighted by Crippen LogP contribution is 2.12. The quantitative estimate of drug-likeness (QED) is 0.602. The molecule has 0 amide bonds. The molecule has 0 aromatic heterocycles. The molecule has 0 aliphatic heterocycles. The lowest BCUT2D eigenvalue weighted by atomic mass is 10.2. The van der Waals surface area contributed by atoms with Crippen LogP contribution in [0.4, 0.5) is 11.4 Å². The fourth-order valence-corrected chi connectivity index (χ4v) is 1.35. The largest absolute Gasteiger partial charge is 0.260 e. The second-order valence-electron chi connectivity index (χ2n) is 3.52. The molecule has 0 radical (unpaired) electrons. The van der Waals surface area contributed by atoms with Crippen LogP contribution in [0.3, 0.4) is 0 Å². The van der Waals surface area contributed by atoms with Gasteiger partial charge in [0.2, 0.25) is 0 Å². The molecule has 2 aromatic carbocycles. The molecule has 0 heterocycles. The molecule has 0 saturated heterocycles. The van der Waals surface area contributed by atoms with Gasteiger partial charge in [-0.25, -0.2) is 0 Å². The highest BCUT2D eigenvalue weighted by Gasteiger charge is 1.89. The van der Waals surface area contributed by atoms with Crippen LogP contribution in [0.2, 0.25) is 0 Å². The van der Waals surface area contributed by atoms with Gasteiger partial charge in [-0.3, -0.25) is 5.43 Å². The lowest BCUT2D eigenvalue weighted by Gasteiger charge is -1.99. The van der Waals surface area contributed by atoms with Crippen molar-refractivity contribution in [3.8, 4) is 0 Å². The molecule has 0 aliphatic rings. The molecule has 3 heteroatoms. The third kappa shape index (κ3) is 2.92. The minimum atomic E-state index is 0.836. The highest BCUT2D eigenvalue weighted by molar-refractivity contribution is 5.44. The molecule has 2 aromatic rings. The third-order valence-corrected chi connectivity index (χ3v) is 2.12. The van der Waals surface area contributed by atoms with E-state index in [1.165, 1.54) is 5.56 Å². The number of nitrogens with zero attached hydrogens (tertiary/aromatic N) is 2. The molecule has 3 nitrogen and oxygen atoms in total. The van der Waals surface area contributed by atoms with Crippen molar-refractivity contribution in [2.45, 2.75) is 6.92 Å². The maximum atomic E-state index is 4.05. The molecule has 0 fully saturated rings. The maximum absolute atomic E-state index is 4.05. The number of benzene rings is 2. The topological polar surface area (TPSA) is 36.8 Å². The number of hydrogen-bond acceptors (Lipinski definition) is 2. The van der Waals surface area contributed by atoms with Gasteiger partial charge in [0.05, 0.1) is 11.4 Å². The van der Waals surface area contributed by atoms with E-state index >= 15 is 0 Å². The van der Waals surface area contributed by atoms with Crippen LogP contribution in [-0.2, 0) is 0 Å². The summed E-state index contributed by atoms with van der Waals surface area (Å²) in [6.07, 6.45) is 0. The Morgan fingerprint density at radius 2 is 1.75 bits per heavy atom. The summed E-state index contributed by atoms with van der Waals surface area (Å²) in [7, 11) is 0. The molecule has 2 rings (SSSR count). The van der Waals surface area contributed by atoms with Gasteiger partial charge in [-0.05, 0) is 36.8 Å². The van der Waals surface area contributed by atoms with Gasteiger partial charge < -0.3 is 0 Å². The number of hydrogen-bond donors (Lipinski definition) is 1. The van der Waals surface area contributed by atoms with E-state index in [4.69, 9.17) is 0 Å². The molecule has 0 unspecified atom stereocenters. The second-order valence-corrected chi connectivity index (χ2v) is 3.52. The highest BCUT2D eigenvalue weighted by atomic mass is 15.4. The van der Waals surface area contributed by atoms with Gasteiger partial charge in [0, 0.05) is 0 Å². The van der Waals surface area contributed by atoms with Gasteiger partial charge in [0.1, 0.15) is 0 Å². The lowest BCUT2D eigenvalue weighted by molar-refractivity contribution is 1.13. The Hall–Kier alpha value is -2.16. The summed E-state index contributed by atoms with van der Waals surface area (Å²) in [5.74, 6) is 0. The van der Waals surface area contributed by atoms with Crippen molar-refractivity contribution in [3.63, 3.8) is 0 Å². The van der Waals surface area contributed by atoms with Gasteiger partial charge in [-0.1, -0.05) is 35.6 Å². The first kappa shape index (κ1) is 10.4. The minimum absolute atomic E-state index is 0.836. The van der Waals surface area contributed by atoms with E-state index in [0.29, 0.717) is 0 Å². The molecule has 1 N–H and O–H groups in total. The van der Waals surface area contributed by atoms with E-state index in [1.807, 2.05) is 61.5 Å². The van der Waals surface area contributed by atoms with E-state index in [0.717, 1.165) is 11.4 Å².